The standard InChI is InChI=1S/C20H20Cl2N2O4/c1-20(14-4-8-16(22)9-5-14)18(26)24(19(27)23-20)10-17(25)12-28-11-13-2-6-15(21)7-3-13/h2-9,17,25H,10-12H2,1H3,(H,23,27). The van der Waals surface area contributed by atoms with E-state index in [1.807, 2.05) is 12.1 Å². The SMILES string of the molecule is CC1(c2ccc(Cl)cc2)NC(=O)N(CC(O)COCc2ccc(Cl)cc2)C1=O. The van der Waals surface area contributed by atoms with Gasteiger partial charge in [-0.2, -0.15) is 0 Å². The van der Waals surface area contributed by atoms with Crippen LogP contribution >= 0.6 is 23.2 Å². The number of urea groups is 1. The second kappa shape index (κ2) is 8.49. The normalized spacial score (nSPS) is 20.4. The molecule has 6 nitrogen and oxygen atoms in total. The lowest BCUT2D eigenvalue weighted by atomic mass is 9.92. The number of β-amino-alcohol motifs (C(OH)–C–C–N with tert-alkyl or cyclic N) is 1. The van der Waals surface area contributed by atoms with Gasteiger partial charge in [-0.05, 0) is 42.3 Å². The van der Waals surface area contributed by atoms with Gasteiger partial charge in [0.1, 0.15) is 5.54 Å². The Morgan fingerprint density at radius 1 is 1.07 bits per heavy atom. The average Bonchev–Trinajstić information content (AvgIpc) is 2.88. The van der Waals surface area contributed by atoms with E-state index in [0.717, 1.165) is 10.5 Å². The fourth-order valence-corrected chi connectivity index (χ4v) is 3.25. The second-order valence-electron chi connectivity index (χ2n) is 6.77. The summed E-state index contributed by atoms with van der Waals surface area (Å²) in [6.07, 6.45) is -1.01. The molecule has 2 aromatic carbocycles. The maximum absolute atomic E-state index is 12.8. The molecular weight excluding hydrogens is 403 g/mol. The summed E-state index contributed by atoms with van der Waals surface area (Å²) in [5.74, 6) is -0.434. The molecule has 3 amide bonds. The molecule has 8 heteroatoms. The summed E-state index contributed by atoms with van der Waals surface area (Å²) in [7, 11) is 0. The Morgan fingerprint density at radius 3 is 2.25 bits per heavy atom. The van der Waals surface area contributed by atoms with Crippen LogP contribution < -0.4 is 5.32 Å². The molecule has 2 atom stereocenters. The third kappa shape index (κ3) is 4.47. The number of ether oxygens (including phenoxy) is 1. The van der Waals surface area contributed by atoms with Gasteiger partial charge in [-0.3, -0.25) is 9.69 Å². The van der Waals surface area contributed by atoms with Crippen molar-refractivity contribution in [3.05, 3.63) is 69.7 Å². The van der Waals surface area contributed by atoms with Crippen molar-refractivity contribution in [1.82, 2.24) is 10.2 Å². The van der Waals surface area contributed by atoms with E-state index >= 15 is 0 Å². The molecule has 1 saturated heterocycles. The van der Waals surface area contributed by atoms with Crippen LogP contribution in [0.4, 0.5) is 4.79 Å². The number of amides is 3. The van der Waals surface area contributed by atoms with Crippen molar-refractivity contribution in [1.29, 1.82) is 0 Å². The second-order valence-corrected chi connectivity index (χ2v) is 7.65. The van der Waals surface area contributed by atoms with E-state index in [9.17, 15) is 14.7 Å². The summed E-state index contributed by atoms with van der Waals surface area (Å²) in [6.45, 7) is 1.74. The predicted octanol–water partition coefficient (Wildman–Crippen LogP) is 3.34. The van der Waals surface area contributed by atoms with Gasteiger partial charge < -0.3 is 15.2 Å². The summed E-state index contributed by atoms with van der Waals surface area (Å²) in [4.78, 5) is 26.1. The van der Waals surface area contributed by atoms with Crippen molar-refractivity contribution in [3.63, 3.8) is 0 Å². The van der Waals surface area contributed by atoms with Crippen molar-refractivity contribution in [2.75, 3.05) is 13.2 Å². The van der Waals surface area contributed by atoms with Crippen LogP contribution in [0.1, 0.15) is 18.1 Å². The summed E-state index contributed by atoms with van der Waals surface area (Å²) in [6, 6.07) is 13.3. The summed E-state index contributed by atoms with van der Waals surface area (Å²) < 4.78 is 5.47. The molecule has 0 bridgehead atoms. The molecule has 1 aliphatic heterocycles. The minimum absolute atomic E-state index is 0.0165. The smallest absolute Gasteiger partial charge is 0.325 e. The number of aliphatic hydroxyl groups excluding tert-OH is 1. The molecule has 0 saturated carbocycles. The van der Waals surface area contributed by atoms with Gasteiger partial charge in [-0.1, -0.05) is 47.5 Å². The lowest BCUT2D eigenvalue weighted by molar-refractivity contribution is -0.132. The van der Waals surface area contributed by atoms with Crippen LogP contribution in [0.3, 0.4) is 0 Å². The number of nitrogens with one attached hydrogen (secondary N) is 1. The molecule has 3 rings (SSSR count). The van der Waals surface area contributed by atoms with Crippen LogP contribution in [-0.4, -0.2) is 41.2 Å². The van der Waals surface area contributed by atoms with Gasteiger partial charge in [-0.25, -0.2) is 4.79 Å². The molecule has 2 N–H and O–H groups in total. The fourth-order valence-electron chi connectivity index (χ4n) is 3.00. The average molecular weight is 423 g/mol. The number of carbonyl (C=O) groups is 2. The van der Waals surface area contributed by atoms with Crippen LogP contribution in [0.5, 0.6) is 0 Å². The van der Waals surface area contributed by atoms with Gasteiger partial charge in [0, 0.05) is 10.0 Å². The Kier molecular flexibility index (Phi) is 6.25. The highest BCUT2D eigenvalue weighted by atomic mass is 35.5. The molecule has 0 aromatic heterocycles. The fraction of sp³-hybridized carbons (Fsp3) is 0.300. The summed E-state index contributed by atoms with van der Waals surface area (Å²) in [5, 5.41) is 14.1. The van der Waals surface area contributed by atoms with Gasteiger partial charge in [0.25, 0.3) is 5.91 Å². The van der Waals surface area contributed by atoms with Gasteiger partial charge in [0.05, 0.1) is 25.9 Å². The van der Waals surface area contributed by atoms with E-state index in [-0.39, 0.29) is 19.8 Å². The monoisotopic (exact) mass is 422 g/mol. The zero-order chi connectivity index (χ0) is 20.3. The first kappa shape index (κ1) is 20.6. The lowest BCUT2D eigenvalue weighted by Crippen LogP contribution is -2.42. The van der Waals surface area contributed by atoms with Crippen molar-refractivity contribution < 1.29 is 19.4 Å². The molecule has 0 spiro atoms. The number of benzene rings is 2. The largest absolute Gasteiger partial charge is 0.389 e. The van der Waals surface area contributed by atoms with Gasteiger partial charge in [0.2, 0.25) is 0 Å². The first-order chi connectivity index (χ1) is 13.3. The molecule has 0 radical (unpaired) electrons. The van der Waals surface area contributed by atoms with Crippen LogP contribution in [0.15, 0.2) is 48.5 Å². The van der Waals surface area contributed by atoms with Crippen LogP contribution in [-0.2, 0) is 21.7 Å². The van der Waals surface area contributed by atoms with E-state index < -0.39 is 23.6 Å². The van der Waals surface area contributed by atoms with Crippen molar-refractivity contribution in [2.24, 2.45) is 0 Å². The van der Waals surface area contributed by atoms with E-state index in [1.165, 1.54) is 0 Å². The van der Waals surface area contributed by atoms with E-state index in [1.54, 1.807) is 43.3 Å². The third-order valence-electron chi connectivity index (χ3n) is 4.58. The zero-order valence-electron chi connectivity index (χ0n) is 15.2. The van der Waals surface area contributed by atoms with Crippen LogP contribution in [0, 0.1) is 0 Å². The molecule has 0 aliphatic carbocycles. The Morgan fingerprint density at radius 2 is 1.64 bits per heavy atom. The summed E-state index contributed by atoms with van der Waals surface area (Å²) >= 11 is 11.7. The number of rotatable bonds is 7. The third-order valence-corrected chi connectivity index (χ3v) is 5.09. The highest BCUT2D eigenvalue weighted by Gasteiger charge is 2.49. The Hall–Kier alpha value is -2.12. The first-order valence-electron chi connectivity index (χ1n) is 8.70. The van der Waals surface area contributed by atoms with Gasteiger partial charge >= 0.3 is 6.03 Å². The molecule has 2 unspecified atom stereocenters. The maximum Gasteiger partial charge on any atom is 0.325 e. The lowest BCUT2D eigenvalue weighted by Gasteiger charge is -2.23. The van der Waals surface area contributed by atoms with E-state index in [4.69, 9.17) is 27.9 Å². The minimum Gasteiger partial charge on any atom is -0.389 e. The van der Waals surface area contributed by atoms with Crippen molar-refractivity contribution >= 4 is 35.1 Å². The number of aliphatic hydroxyl groups is 1. The van der Waals surface area contributed by atoms with E-state index in [2.05, 4.69) is 5.32 Å². The van der Waals surface area contributed by atoms with Crippen molar-refractivity contribution in [2.45, 2.75) is 25.2 Å². The maximum atomic E-state index is 12.8. The van der Waals surface area contributed by atoms with Crippen LogP contribution in [0.2, 0.25) is 10.0 Å². The first-order valence-corrected chi connectivity index (χ1v) is 9.45. The zero-order valence-corrected chi connectivity index (χ0v) is 16.7. The highest BCUT2D eigenvalue weighted by molar-refractivity contribution is 6.30. The van der Waals surface area contributed by atoms with Gasteiger partial charge in [0.15, 0.2) is 0 Å². The number of halogens is 2. The topological polar surface area (TPSA) is 78.9 Å². The number of hydrogen-bond acceptors (Lipinski definition) is 4. The van der Waals surface area contributed by atoms with Crippen LogP contribution in [0.25, 0.3) is 0 Å². The predicted molar refractivity (Wildman–Crippen MR) is 106 cm³/mol. The Balaban J connectivity index is 1.57. The number of nitrogens with zero attached hydrogens (tertiary/aromatic N) is 1. The minimum atomic E-state index is -1.20. The highest BCUT2D eigenvalue weighted by Crippen LogP contribution is 2.29. The number of carbonyl (C=O) groups excluding carboxylic acids is 2. The Labute approximate surface area is 173 Å². The molecule has 1 heterocycles. The van der Waals surface area contributed by atoms with Crippen molar-refractivity contribution in [3.8, 4) is 0 Å². The molecule has 2 aromatic rings. The molecule has 28 heavy (non-hydrogen) atoms. The van der Waals surface area contributed by atoms with E-state index in [0.29, 0.717) is 15.6 Å². The number of imide groups is 1. The van der Waals surface area contributed by atoms with Gasteiger partial charge in [-0.15, -0.1) is 0 Å². The number of hydrogen-bond donors (Lipinski definition) is 2. The molecular formula is C20H20Cl2N2O4. The summed E-state index contributed by atoms with van der Waals surface area (Å²) in [5.41, 5.74) is 0.319. The molecule has 1 fully saturated rings. The molecule has 148 valence electrons. The molecule has 1 aliphatic rings. The quantitative estimate of drug-likeness (QED) is 0.670. The Bertz CT molecular complexity index is 858.